The van der Waals surface area contributed by atoms with E-state index in [0.29, 0.717) is 5.56 Å². The molecule has 0 aromatic heterocycles. The molecule has 0 fully saturated rings. The topological polar surface area (TPSA) is 75.3 Å². The number of nitrogens with one attached hydrogen (secondary N) is 1. The Balaban J connectivity index is 2.09. The molecule has 0 bridgehead atoms. The highest BCUT2D eigenvalue weighted by molar-refractivity contribution is 9.11. The highest BCUT2D eigenvalue weighted by atomic mass is 79.9. The number of fused-ring (bicyclic) bond motifs is 2. The number of carbonyl (C=O) groups is 1. The minimum absolute atomic E-state index is 0.00157. The van der Waals surface area contributed by atoms with Crippen molar-refractivity contribution in [1.82, 2.24) is 5.32 Å². The number of dihydropyridines is 1. The molecule has 19 heavy (non-hydrogen) atoms. The van der Waals surface area contributed by atoms with Crippen molar-refractivity contribution in [2.24, 2.45) is 0 Å². The molecule has 1 aromatic rings. The van der Waals surface area contributed by atoms with Crippen LogP contribution >= 0.6 is 15.9 Å². The zero-order chi connectivity index (χ0) is 13.6. The number of nitrogen functional groups attached to an aromatic ring is 1. The second-order valence-corrected chi connectivity index (χ2v) is 5.70. The summed E-state index contributed by atoms with van der Waals surface area (Å²) in [6.45, 7) is 0. The van der Waals surface area contributed by atoms with Gasteiger partial charge in [0.1, 0.15) is 11.8 Å². The summed E-state index contributed by atoms with van der Waals surface area (Å²) in [6, 6.07) is 2.85. The number of hydrogen-bond acceptors (Lipinski definition) is 4. The van der Waals surface area contributed by atoms with Crippen LogP contribution in [0.3, 0.4) is 0 Å². The number of hydrogen-bond donors (Lipinski definition) is 3. The molecule has 1 unspecified atom stereocenters. The molecule has 0 radical (unpaired) electrons. The van der Waals surface area contributed by atoms with Gasteiger partial charge >= 0.3 is 0 Å². The van der Waals surface area contributed by atoms with Crippen LogP contribution in [-0.4, -0.2) is 16.9 Å². The summed E-state index contributed by atoms with van der Waals surface area (Å²) in [7, 11) is 0. The van der Waals surface area contributed by atoms with Crippen LogP contribution in [-0.2, 0) is 6.42 Å². The lowest BCUT2D eigenvalue weighted by atomic mass is 9.96. The van der Waals surface area contributed by atoms with Gasteiger partial charge in [-0.05, 0) is 58.1 Å². The number of rotatable bonds is 0. The van der Waals surface area contributed by atoms with Gasteiger partial charge in [-0.15, -0.1) is 0 Å². The van der Waals surface area contributed by atoms with Crippen LogP contribution in [0.2, 0.25) is 0 Å². The molecule has 4 N–H and O–H groups in total. The molecule has 2 aliphatic rings. The molecule has 1 aliphatic heterocycles. The second-order valence-electron chi connectivity index (χ2n) is 4.78. The standard InChI is InChI=1S/C14H13BrN2O2/c15-9-3-8-2-1-7-4-12(18)11(16)5-10(7)14(19)13(8)17-6-9/h3-6,13,17-18H,1-2,16H2. The number of nitrogens with two attached hydrogens (primary N) is 1. The van der Waals surface area contributed by atoms with Crippen LogP contribution < -0.4 is 11.1 Å². The van der Waals surface area contributed by atoms with Crippen molar-refractivity contribution in [3.63, 3.8) is 0 Å². The average Bonchev–Trinajstić information content (AvgIpc) is 2.50. The highest BCUT2D eigenvalue weighted by Crippen LogP contribution is 2.33. The lowest BCUT2D eigenvalue weighted by molar-refractivity contribution is 0.0964. The Morgan fingerprint density at radius 2 is 2.16 bits per heavy atom. The Morgan fingerprint density at radius 3 is 2.95 bits per heavy atom. The van der Waals surface area contributed by atoms with E-state index in [1.165, 1.54) is 0 Å². The highest BCUT2D eigenvalue weighted by Gasteiger charge is 2.30. The van der Waals surface area contributed by atoms with E-state index < -0.39 is 0 Å². The first-order valence-corrected chi connectivity index (χ1v) is 6.83. The van der Waals surface area contributed by atoms with Gasteiger partial charge in [0, 0.05) is 16.2 Å². The third-order valence-corrected chi connectivity index (χ3v) is 4.00. The lowest BCUT2D eigenvalue weighted by Crippen LogP contribution is -2.36. The molecule has 1 aromatic carbocycles. The SMILES string of the molecule is Nc1cc2c(cc1O)CCC1=CC(Br)=CNC1C2=O. The van der Waals surface area contributed by atoms with Gasteiger partial charge in [-0.3, -0.25) is 4.79 Å². The molecule has 1 aliphatic carbocycles. The van der Waals surface area contributed by atoms with E-state index in [9.17, 15) is 9.90 Å². The van der Waals surface area contributed by atoms with Crippen LogP contribution in [0.25, 0.3) is 0 Å². The van der Waals surface area contributed by atoms with Crippen molar-refractivity contribution in [2.75, 3.05) is 5.73 Å². The number of aryl methyl sites for hydroxylation is 1. The van der Waals surface area contributed by atoms with Gasteiger partial charge in [-0.25, -0.2) is 0 Å². The molecule has 4 nitrogen and oxygen atoms in total. The van der Waals surface area contributed by atoms with Gasteiger partial charge in [-0.1, -0.05) is 0 Å². The second kappa shape index (κ2) is 4.42. The van der Waals surface area contributed by atoms with E-state index in [1.807, 2.05) is 6.08 Å². The molecule has 0 amide bonds. The quantitative estimate of drug-likeness (QED) is 0.506. The summed E-state index contributed by atoms with van der Waals surface area (Å²) in [4.78, 5) is 12.6. The smallest absolute Gasteiger partial charge is 0.189 e. The van der Waals surface area contributed by atoms with Crippen LogP contribution in [0.5, 0.6) is 5.75 Å². The average molecular weight is 321 g/mol. The van der Waals surface area contributed by atoms with E-state index in [-0.39, 0.29) is 23.3 Å². The predicted molar refractivity (Wildman–Crippen MR) is 77.2 cm³/mol. The van der Waals surface area contributed by atoms with E-state index in [4.69, 9.17) is 5.73 Å². The number of carbonyl (C=O) groups excluding carboxylic acids is 1. The number of benzene rings is 1. The fourth-order valence-corrected chi connectivity index (χ4v) is 2.98. The number of phenolic OH excluding ortho intramolecular Hbond substituents is 1. The third-order valence-electron chi connectivity index (χ3n) is 3.55. The number of aromatic hydroxyl groups is 1. The number of ketones is 1. The molecule has 0 saturated carbocycles. The number of phenols is 1. The maximum absolute atomic E-state index is 12.6. The first-order valence-electron chi connectivity index (χ1n) is 6.04. The summed E-state index contributed by atoms with van der Waals surface area (Å²) in [5.41, 5.74) is 8.43. The molecule has 1 atom stereocenters. The van der Waals surface area contributed by atoms with E-state index in [0.717, 1.165) is 28.5 Å². The van der Waals surface area contributed by atoms with Crippen LogP contribution in [0.4, 0.5) is 5.69 Å². The maximum atomic E-state index is 12.6. The molecule has 0 spiro atoms. The first kappa shape index (κ1) is 12.3. The van der Waals surface area contributed by atoms with Gasteiger partial charge in [0.15, 0.2) is 5.78 Å². The van der Waals surface area contributed by atoms with E-state index in [2.05, 4.69) is 21.2 Å². The Bertz CT molecular complexity index is 635. The van der Waals surface area contributed by atoms with Gasteiger partial charge in [0.2, 0.25) is 0 Å². The van der Waals surface area contributed by atoms with Crippen LogP contribution in [0, 0.1) is 0 Å². The molecule has 1 heterocycles. The largest absolute Gasteiger partial charge is 0.506 e. The Labute approximate surface area is 119 Å². The molecule has 98 valence electrons. The number of halogens is 1. The molecule has 3 rings (SSSR count). The minimum Gasteiger partial charge on any atom is -0.506 e. The summed E-state index contributed by atoms with van der Waals surface area (Å²) in [6.07, 6.45) is 5.26. The Hall–Kier alpha value is -1.75. The molecule has 0 saturated heterocycles. The minimum atomic E-state index is -0.327. The van der Waals surface area contributed by atoms with Crippen molar-refractivity contribution >= 4 is 27.4 Å². The predicted octanol–water partition coefficient (Wildman–Crippen LogP) is 2.24. The zero-order valence-electron chi connectivity index (χ0n) is 10.1. The van der Waals surface area contributed by atoms with Gasteiger partial charge in [0.05, 0.1) is 5.69 Å². The van der Waals surface area contributed by atoms with Crippen molar-refractivity contribution in [2.45, 2.75) is 18.9 Å². The summed E-state index contributed by atoms with van der Waals surface area (Å²) in [5, 5.41) is 12.8. The number of allylic oxidation sites excluding steroid dienone is 2. The number of anilines is 1. The molecular formula is C14H13BrN2O2. The lowest BCUT2D eigenvalue weighted by Gasteiger charge is -2.21. The molecular weight excluding hydrogens is 308 g/mol. The van der Waals surface area contributed by atoms with Crippen molar-refractivity contribution in [1.29, 1.82) is 0 Å². The van der Waals surface area contributed by atoms with E-state index in [1.54, 1.807) is 18.3 Å². The zero-order valence-corrected chi connectivity index (χ0v) is 11.7. The fraction of sp³-hybridized carbons (Fsp3) is 0.214. The number of Topliss-reactive ketones (excluding diaryl/α,β-unsaturated/α-hetero) is 1. The summed E-state index contributed by atoms with van der Waals surface area (Å²) >= 11 is 3.40. The maximum Gasteiger partial charge on any atom is 0.189 e. The van der Waals surface area contributed by atoms with Gasteiger partial charge in [-0.2, -0.15) is 0 Å². The first-order chi connectivity index (χ1) is 9.06. The van der Waals surface area contributed by atoms with Crippen molar-refractivity contribution in [3.05, 3.63) is 45.6 Å². The summed E-state index contributed by atoms with van der Waals surface area (Å²) in [5.74, 6) is 0.0411. The molecule has 5 heteroatoms. The van der Waals surface area contributed by atoms with Gasteiger partial charge in [0.25, 0.3) is 0 Å². The third kappa shape index (κ3) is 2.04. The van der Waals surface area contributed by atoms with Crippen molar-refractivity contribution in [3.8, 4) is 5.75 Å². The van der Waals surface area contributed by atoms with E-state index >= 15 is 0 Å². The Kier molecular flexibility index (Phi) is 2.86. The monoisotopic (exact) mass is 320 g/mol. The van der Waals surface area contributed by atoms with Crippen LogP contribution in [0.15, 0.2) is 34.5 Å². The van der Waals surface area contributed by atoms with Crippen LogP contribution in [0.1, 0.15) is 22.3 Å². The normalized spacial score (nSPS) is 21.5. The van der Waals surface area contributed by atoms with Gasteiger partial charge < -0.3 is 16.2 Å². The van der Waals surface area contributed by atoms with Crippen molar-refractivity contribution < 1.29 is 9.90 Å². The summed E-state index contributed by atoms with van der Waals surface area (Å²) < 4.78 is 0.930. The fourth-order valence-electron chi connectivity index (χ4n) is 2.55. The Morgan fingerprint density at radius 1 is 1.37 bits per heavy atom.